The molecule has 1 aliphatic carbocycles. The Bertz CT molecular complexity index is 551. The van der Waals surface area contributed by atoms with E-state index in [0.717, 1.165) is 24.2 Å². The van der Waals surface area contributed by atoms with E-state index in [0.29, 0.717) is 12.4 Å². The van der Waals surface area contributed by atoms with Gasteiger partial charge in [0.2, 0.25) is 5.95 Å². The van der Waals surface area contributed by atoms with E-state index in [1.807, 2.05) is 6.07 Å². The van der Waals surface area contributed by atoms with Gasteiger partial charge >= 0.3 is 0 Å². The van der Waals surface area contributed by atoms with Gasteiger partial charge in [-0.05, 0) is 12.8 Å². The van der Waals surface area contributed by atoms with Crippen molar-refractivity contribution in [2.24, 2.45) is 0 Å². The van der Waals surface area contributed by atoms with Gasteiger partial charge in [-0.25, -0.2) is 4.98 Å². The van der Waals surface area contributed by atoms with Crippen molar-refractivity contribution in [1.82, 2.24) is 15.1 Å². The fourth-order valence-electron chi connectivity index (χ4n) is 2.12. The number of hydrogen-bond acceptors (Lipinski definition) is 7. The molecule has 4 N–H and O–H groups in total. The van der Waals surface area contributed by atoms with Crippen molar-refractivity contribution in [3.8, 4) is 0 Å². The van der Waals surface area contributed by atoms with E-state index in [1.165, 1.54) is 6.26 Å². The van der Waals surface area contributed by atoms with Crippen LogP contribution in [0.1, 0.15) is 30.1 Å². The van der Waals surface area contributed by atoms with Crippen LogP contribution >= 0.6 is 0 Å². The minimum absolute atomic E-state index is 0.215. The zero-order chi connectivity index (χ0) is 13.2. The number of aliphatic hydroxyl groups is 1. The van der Waals surface area contributed by atoms with Crippen molar-refractivity contribution in [3.05, 3.63) is 29.8 Å². The van der Waals surface area contributed by atoms with Gasteiger partial charge in [0.1, 0.15) is 17.8 Å². The highest BCUT2D eigenvalue weighted by atomic mass is 16.5. The summed E-state index contributed by atoms with van der Waals surface area (Å²) < 4.78 is 4.75. The van der Waals surface area contributed by atoms with Crippen LogP contribution in [-0.2, 0) is 6.54 Å². The standard InChI is InChI=1S/C12H15N5O2/c13-12-15-10(7-3-9(18)4-7)5-11(16-12)14-6-8-1-2-19-17-8/h1-2,5,7,9,18H,3-4,6H2,(H3,13,14,15,16). The van der Waals surface area contributed by atoms with Crippen molar-refractivity contribution in [1.29, 1.82) is 0 Å². The third-order valence-corrected chi connectivity index (χ3v) is 3.24. The van der Waals surface area contributed by atoms with E-state index >= 15 is 0 Å². The predicted octanol–water partition coefficient (Wildman–Crippen LogP) is 0.897. The number of nitrogens with one attached hydrogen (secondary N) is 1. The molecule has 0 atom stereocenters. The van der Waals surface area contributed by atoms with Crippen LogP contribution in [0.15, 0.2) is 22.9 Å². The first kappa shape index (κ1) is 11.9. The van der Waals surface area contributed by atoms with Crippen molar-refractivity contribution >= 4 is 11.8 Å². The summed E-state index contributed by atoms with van der Waals surface area (Å²) in [6.07, 6.45) is 2.78. The molecule has 2 aromatic rings. The van der Waals surface area contributed by atoms with Crippen molar-refractivity contribution < 1.29 is 9.63 Å². The minimum Gasteiger partial charge on any atom is -0.393 e. The molecule has 0 amide bonds. The molecule has 19 heavy (non-hydrogen) atoms. The van der Waals surface area contributed by atoms with Gasteiger partial charge in [0.25, 0.3) is 0 Å². The summed E-state index contributed by atoms with van der Waals surface area (Å²) in [5, 5.41) is 16.3. The van der Waals surface area contributed by atoms with E-state index in [1.54, 1.807) is 6.07 Å². The Morgan fingerprint density at radius 2 is 2.26 bits per heavy atom. The first-order valence-corrected chi connectivity index (χ1v) is 6.16. The summed E-state index contributed by atoms with van der Waals surface area (Å²) in [4.78, 5) is 8.34. The van der Waals surface area contributed by atoms with E-state index in [9.17, 15) is 5.11 Å². The predicted molar refractivity (Wildman–Crippen MR) is 68.3 cm³/mol. The highest BCUT2D eigenvalue weighted by molar-refractivity contribution is 5.42. The molecule has 0 spiro atoms. The number of anilines is 2. The lowest BCUT2D eigenvalue weighted by molar-refractivity contribution is 0.0732. The van der Waals surface area contributed by atoms with Gasteiger partial charge in [-0.15, -0.1) is 0 Å². The van der Waals surface area contributed by atoms with Crippen LogP contribution in [0, 0.1) is 0 Å². The normalized spacial score (nSPS) is 21.9. The van der Waals surface area contributed by atoms with Gasteiger partial charge in [-0.3, -0.25) is 0 Å². The molecule has 0 radical (unpaired) electrons. The lowest BCUT2D eigenvalue weighted by atomic mass is 9.80. The maximum Gasteiger partial charge on any atom is 0.222 e. The summed E-state index contributed by atoms with van der Waals surface area (Å²) >= 11 is 0. The number of nitrogens with zero attached hydrogens (tertiary/aromatic N) is 3. The monoisotopic (exact) mass is 261 g/mol. The average molecular weight is 261 g/mol. The molecular formula is C12H15N5O2. The average Bonchev–Trinajstić information content (AvgIpc) is 2.85. The minimum atomic E-state index is -0.215. The Morgan fingerprint density at radius 1 is 1.42 bits per heavy atom. The maximum atomic E-state index is 9.34. The molecule has 0 saturated heterocycles. The summed E-state index contributed by atoms with van der Waals surface area (Å²) in [5.41, 5.74) is 7.37. The van der Waals surface area contributed by atoms with Gasteiger partial charge < -0.3 is 20.7 Å². The lowest BCUT2D eigenvalue weighted by Crippen LogP contribution is -2.27. The van der Waals surface area contributed by atoms with E-state index in [2.05, 4.69) is 20.4 Å². The second-order valence-corrected chi connectivity index (χ2v) is 4.70. The summed E-state index contributed by atoms with van der Waals surface area (Å²) in [6.45, 7) is 0.514. The van der Waals surface area contributed by atoms with Crippen LogP contribution in [0.25, 0.3) is 0 Å². The van der Waals surface area contributed by atoms with Gasteiger partial charge in [0.15, 0.2) is 0 Å². The molecule has 7 heteroatoms. The number of aliphatic hydroxyl groups excluding tert-OH is 1. The lowest BCUT2D eigenvalue weighted by Gasteiger charge is -2.30. The molecule has 100 valence electrons. The first-order chi connectivity index (χ1) is 9.20. The largest absolute Gasteiger partial charge is 0.393 e. The topological polar surface area (TPSA) is 110 Å². The Labute approximate surface area is 109 Å². The van der Waals surface area contributed by atoms with Crippen LogP contribution in [-0.4, -0.2) is 26.3 Å². The van der Waals surface area contributed by atoms with Crippen molar-refractivity contribution in [2.45, 2.75) is 31.4 Å². The quantitative estimate of drug-likeness (QED) is 0.749. The summed E-state index contributed by atoms with van der Waals surface area (Å²) in [7, 11) is 0. The van der Waals surface area contributed by atoms with Gasteiger partial charge in [-0.2, -0.15) is 4.98 Å². The Balaban J connectivity index is 1.70. The van der Waals surface area contributed by atoms with E-state index in [-0.39, 0.29) is 18.0 Å². The molecule has 1 fully saturated rings. The molecule has 0 aromatic carbocycles. The maximum absolute atomic E-state index is 9.34. The second-order valence-electron chi connectivity index (χ2n) is 4.70. The van der Waals surface area contributed by atoms with Crippen molar-refractivity contribution in [2.75, 3.05) is 11.1 Å². The van der Waals surface area contributed by atoms with Crippen LogP contribution < -0.4 is 11.1 Å². The smallest absolute Gasteiger partial charge is 0.222 e. The molecule has 0 unspecified atom stereocenters. The van der Waals surface area contributed by atoms with Crippen molar-refractivity contribution in [3.63, 3.8) is 0 Å². The Hall–Kier alpha value is -2.15. The second kappa shape index (κ2) is 4.85. The third kappa shape index (κ3) is 2.65. The molecule has 7 nitrogen and oxygen atoms in total. The Morgan fingerprint density at radius 3 is 2.95 bits per heavy atom. The molecule has 2 heterocycles. The molecule has 0 aliphatic heterocycles. The molecule has 0 bridgehead atoms. The fourth-order valence-corrected chi connectivity index (χ4v) is 2.12. The van der Waals surface area contributed by atoms with Crippen LogP contribution in [0.4, 0.5) is 11.8 Å². The van der Waals surface area contributed by atoms with Gasteiger partial charge in [0, 0.05) is 18.1 Å². The SMILES string of the molecule is Nc1nc(NCc2ccon2)cc(C2CC(O)C2)n1. The number of nitrogens with two attached hydrogens (primary N) is 1. The van der Waals surface area contributed by atoms with Crippen LogP contribution in [0.2, 0.25) is 0 Å². The summed E-state index contributed by atoms with van der Waals surface area (Å²) in [5.74, 6) is 1.17. The number of rotatable bonds is 4. The number of nitrogen functional groups attached to an aromatic ring is 1. The number of aromatic nitrogens is 3. The third-order valence-electron chi connectivity index (χ3n) is 3.24. The molecule has 3 rings (SSSR count). The zero-order valence-corrected chi connectivity index (χ0v) is 10.3. The molecule has 1 saturated carbocycles. The molecule has 2 aromatic heterocycles. The van der Waals surface area contributed by atoms with Gasteiger partial charge in [-0.1, -0.05) is 5.16 Å². The fraction of sp³-hybridized carbons (Fsp3) is 0.417. The first-order valence-electron chi connectivity index (χ1n) is 6.16. The summed E-state index contributed by atoms with van der Waals surface area (Å²) in [6, 6.07) is 3.65. The Kier molecular flexibility index (Phi) is 3.04. The molecular weight excluding hydrogens is 246 g/mol. The number of hydrogen-bond donors (Lipinski definition) is 3. The highest BCUT2D eigenvalue weighted by Gasteiger charge is 2.30. The van der Waals surface area contributed by atoms with Crippen LogP contribution in [0.3, 0.4) is 0 Å². The van der Waals surface area contributed by atoms with Crippen LogP contribution in [0.5, 0.6) is 0 Å². The zero-order valence-electron chi connectivity index (χ0n) is 10.3. The highest BCUT2D eigenvalue weighted by Crippen LogP contribution is 2.36. The van der Waals surface area contributed by atoms with E-state index in [4.69, 9.17) is 10.3 Å². The van der Waals surface area contributed by atoms with E-state index < -0.39 is 0 Å². The molecule has 1 aliphatic rings. The van der Waals surface area contributed by atoms with Gasteiger partial charge in [0.05, 0.1) is 18.3 Å².